The maximum atomic E-state index is 6.36. The molecule has 5 heteroatoms. The molecule has 0 fully saturated rings. The van der Waals surface area contributed by atoms with Gasteiger partial charge in [0.05, 0.1) is 0 Å². The first kappa shape index (κ1) is 35.2. The number of hydrogen-bond acceptors (Lipinski definition) is 5. The Labute approximate surface area is 361 Å². The van der Waals surface area contributed by atoms with Gasteiger partial charge in [-0.2, -0.15) is 0 Å². The van der Waals surface area contributed by atoms with Crippen molar-refractivity contribution in [2.75, 3.05) is 0 Å². The molecule has 294 valence electrons. The first-order valence-electron chi connectivity index (χ1n) is 21.1. The zero-order valence-corrected chi connectivity index (χ0v) is 33.7. The number of rotatable bonds is 6. The third kappa shape index (κ3) is 6.01. The lowest BCUT2D eigenvalue weighted by Gasteiger charge is -2.11. The van der Waals surface area contributed by atoms with Crippen LogP contribution in [0.2, 0.25) is 0 Å². The second kappa shape index (κ2) is 14.0. The van der Waals surface area contributed by atoms with Gasteiger partial charge in [0.1, 0.15) is 33.5 Å². The number of benzene rings is 8. The summed E-state index contributed by atoms with van der Waals surface area (Å²) in [6, 6.07) is 64.8. The fourth-order valence-corrected chi connectivity index (χ4v) is 9.25. The van der Waals surface area contributed by atoms with Gasteiger partial charge in [0.2, 0.25) is 0 Å². The first-order chi connectivity index (χ1) is 31.1. The van der Waals surface area contributed by atoms with Crippen LogP contribution in [0.1, 0.15) is 0 Å². The summed E-state index contributed by atoms with van der Waals surface area (Å²) in [7, 11) is 0. The van der Waals surface area contributed by atoms with Crippen LogP contribution in [0.25, 0.3) is 133 Å². The standard InChI is InChI=1S/C58H34N2O3/c1-5-35(36-6-2-8-38(26-36)40-10-4-12-42(28-40)44-14-19-55-49(31-44)51-33-59-23-21-57(51)62-55)25-37(7-1)39-9-3-11-41(27-39)43-13-17-53-47(29-43)48-30-45(15-18-54(48)61-53)46-16-20-56-50(32-46)52-34-60-24-22-58(52)63-56/h1-34H. The average Bonchev–Trinajstić information content (AvgIpc) is 4.04. The van der Waals surface area contributed by atoms with Crippen molar-refractivity contribution in [2.45, 2.75) is 0 Å². The summed E-state index contributed by atoms with van der Waals surface area (Å²) >= 11 is 0. The minimum absolute atomic E-state index is 0.842. The lowest BCUT2D eigenvalue weighted by atomic mass is 9.93. The fourth-order valence-electron chi connectivity index (χ4n) is 9.25. The quantitative estimate of drug-likeness (QED) is 0.167. The topological polar surface area (TPSA) is 65.2 Å². The van der Waals surface area contributed by atoms with Crippen LogP contribution in [0.5, 0.6) is 0 Å². The Kier molecular flexibility index (Phi) is 7.84. The van der Waals surface area contributed by atoms with Gasteiger partial charge in [0, 0.05) is 57.1 Å². The Bertz CT molecular complexity index is 3940. The Morgan fingerprint density at radius 1 is 0.222 bits per heavy atom. The molecule has 0 saturated carbocycles. The Morgan fingerprint density at radius 3 is 0.746 bits per heavy atom. The van der Waals surface area contributed by atoms with Crippen molar-refractivity contribution in [1.29, 1.82) is 0 Å². The van der Waals surface area contributed by atoms with Crippen molar-refractivity contribution in [3.05, 3.63) is 207 Å². The second-order valence-corrected chi connectivity index (χ2v) is 16.2. The van der Waals surface area contributed by atoms with Gasteiger partial charge in [0.25, 0.3) is 0 Å². The van der Waals surface area contributed by atoms with E-state index >= 15 is 0 Å². The van der Waals surface area contributed by atoms with E-state index < -0.39 is 0 Å². The van der Waals surface area contributed by atoms with Crippen molar-refractivity contribution in [3.8, 4) is 66.8 Å². The number of pyridine rings is 2. The van der Waals surface area contributed by atoms with Gasteiger partial charge < -0.3 is 13.3 Å². The molecule has 5 aromatic heterocycles. The van der Waals surface area contributed by atoms with Gasteiger partial charge in [-0.05, 0) is 152 Å². The zero-order valence-electron chi connectivity index (χ0n) is 33.7. The van der Waals surface area contributed by atoms with E-state index in [1.165, 1.54) is 16.7 Å². The minimum atomic E-state index is 0.842. The highest BCUT2D eigenvalue weighted by Crippen LogP contribution is 2.39. The summed E-state index contributed by atoms with van der Waals surface area (Å²) in [6.45, 7) is 0. The van der Waals surface area contributed by atoms with Crippen molar-refractivity contribution in [1.82, 2.24) is 9.97 Å². The van der Waals surface area contributed by atoms with Crippen molar-refractivity contribution in [3.63, 3.8) is 0 Å². The molecule has 0 atom stereocenters. The lowest BCUT2D eigenvalue weighted by molar-refractivity contribution is 0.668. The average molecular weight is 807 g/mol. The molecule has 13 rings (SSSR count). The first-order valence-corrected chi connectivity index (χ1v) is 21.1. The van der Waals surface area contributed by atoms with E-state index in [9.17, 15) is 0 Å². The molecule has 0 amide bonds. The van der Waals surface area contributed by atoms with E-state index in [4.69, 9.17) is 13.3 Å². The van der Waals surface area contributed by atoms with Gasteiger partial charge in [-0.25, -0.2) is 0 Å². The highest BCUT2D eigenvalue weighted by molar-refractivity contribution is 6.09. The molecule has 5 heterocycles. The number of fused-ring (bicyclic) bond motifs is 9. The highest BCUT2D eigenvalue weighted by atomic mass is 16.3. The molecular weight excluding hydrogens is 773 g/mol. The summed E-state index contributed by atoms with van der Waals surface area (Å²) in [4.78, 5) is 8.67. The van der Waals surface area contributed by atoms with Gasteiger partial charge in [-0.15, -0.1) is 0 Å². The van der Waals surface area contributed by atoms with Crippen LogP contribution < -0.4 is 0 Å². The number of aromatic nitrogens is 2. The summed E-state index contributed by atoms with van der Waals surface area (Å²) < 4.78 is 18.5. The molecule has 0 unspecified atom stereocenters. The van der Waals surface area contributed by atoms with E-state index in [0.29, 0.717) is 0 Å². The maximum absolute atomic E-state index is 6.36. The van der Waals surface area contributed by atoms with Crippen molar-refractivity contribution >= 4 is 65.8 Å². The Hall–Kier alpha value is -8.54. The molecular formula is C58H34N2O3. The molecule has 0 radical (unpaired) electrons. The van der Waals surface area contributed by atoms with Gasteiger partial charge in [-0.1, -0.05) is 97.1 Å². The van der Waals surface area contributed by atoms with Crippen LogP contribution in [-0.4, -0.2) is 9.97 Å². The molecule has 0 saturated heterocycles. The third-order valence-electron chi connectivity index (χ3n) is 12.5. The monoisotopic (exact) mass is 806 g/mol. The van der Waals surface area contributed by atoms with E-state index in [-0.39, 0.29) is 0 Å². The second-order valence-electron chi connectivity index (χ2n) is 16.2. The lowest BCUT2D eigenvalue weighted by Crippen LogP contribution is -1.85. The molecule has 8 aromatic carbocycles. The molecule has 0 aliphatic rings. The summed E-state index contributed by atoms with van der Waals surface area (Å²) in [6.07, 6.45) is 7.28. The molecule has 0 bridgehead atoms. The minimum Gasteiger partial charge on any atom is -0.456 e. The van der Waals surface area contributed by atoms with Gasteiger partial charge in [0.15, 0.2) is 0 Å². The number of nitrogens with zero attached hydrogens (tertiary/aromatic N) is 2. The van der Waals surface area contributed by atoms with Crippen LogP contribution in [-0.2, 0) is 0 Å². The molecule has 0 spiro atoms. The van der Waals surface area contributed by atoms with Crippen LogP contribution >= 0.6 is 0 Å². The predicted molar refractivity (Wildman–Crippen MR) is 256 cm³/mol. The molecule has 13 aromatic rings. The van der Waals surface area contributed by atoms with Crippen LogP contribution in [0.4, 0.5) is 0 Å². The summed E-state index contributed by atoms with van der Waals surface area (Å²) in [5.41, 5.74) is 19.0. The maximum Gasteiger partial charge on any atom is 0.138 e. The summed E-state index contributed by atoms with van der Waals surface area (Å²) in [5.74, 6) is 0. The van der Waals surface area contributed by atoms with Crippen LogP contribution in [0.3, 0.4) is 0 Å². The fraction of sp³-hybridized carbons (Fsp3) is 0. The van der Waals surface area contributed by atoms with E-state index in [0.717, 1.165) is 116 Å². The molecule has 0 aliphatic heterocycles. The molecule has 63 heavy (non-hydrogen) atoms. The van der Waals surface area contributed by atoms with E-state index in [1.807, 2.05) is 30.6 Å². The molecule has 0 N–H and O–H groups in total. The highest BCUT2D eigenvalue weighted by Gasteiger charge is 2.15. The zero-order chi connectivity index (χ0) is 41.4. The predicted octanol–water partition coefficient (Wildman–Crippen LogP) is 16.2. The SMILES string of the molecule is c1cc(-c2cccc(-c3cccc(-c4ccc5oc6ccc(-c7ccc8oc9ccncc9c8c7)cc6c5c4)c3)c2)cc(-c2cccc(-c3ccc4oc5ccncc5c4c3)c2)c1. The number of furan rings is 3. The largest absolute Gasteiger partial charge is 0.456 e. The Balaban J connectivity index is 0.805. The van der Waals surface area contributed by atoms with Crippen molar-refractivity contribution < 1.29 is 13.3 Å². The third-order valence-corrected chi connectivity index (χ3v) is 12.5. The Morgan fingerprint density at radius 2 is 0.460 bits per heavy atom. The normalized spacial score (nSPS) is 11.8. The van der Waals surface area contributed by atoms with Crippen LogP contribution in [0.15, 0.2) is 220 Å². The van der Waals surface area contributed by atoms with Crippen LogP contribution in [0, 0.1) is 0 Å². The van der Waals surface area contributed by atoms with Crippen molar-refractivity contribution in [2.24, 2.45) is 0 Å². The van der Waals surface area contributed by atoms with E-state index in [2.05, 4.69) is 174 Å². The van der Waals surface area contributed by atoms with Gasteiger partial charge >= 0.3 is 0 Å². The van der Waals surface area contributed by atoms with Gasteiger partial charge in [-0.3, -0.25) is 9.97 Å². The molecule has 5 nitrogen and oxygen atoms in total. The van der Waals surface area contributed by atoms with E-state index in [1.54, 1.807) is 12.4 Å². The molecule has 0 aliphatic carbocycles. The smallest absolute Gasteiger partial charge is 0.138 e. The summed E-state index contributed by atoms with van der Waals surface area (Å²) in [5, 5.41) is 6.35. The number of hydrogen-bond donors (Lipinski definition) is 0.